The Morgan fingerprint density at radius 1 is 1.00 bits per heavy atom. The molecule has 2 heterocycles. The lowest BCUT2D eigenvalue weighted by Crippen LogP contribution is -2.47. The number of rotatable bonds is 6. The molecule has 0 aromatic heterocycles. The third kappa shape index (κ3) is 7.83. The number of piperidine rings is 1. The summed E-state index contributed by atoms with van der Waals surface area (Å²) in [7, 11) is -3.68. The molecular formula is C29H37N3O6S. The highest BCUT2D eigenvalue weighted by atomic mass is 32.2. The maximum Gasteiger partial charge on any atom is 0.410 e. The van der Waals surface area contributed by atoms with Gasteiger partial charge in [-0.3, -0.25) is 0 Å². The van der Waals surface area contributed by atoms with Gasteiger partial charge in [-0.25, -0.2) is 18.0 Å². The quantitative estimate of drug-likeness (QED) is 0.550. The van der Waals surface area contributed by atoms with Crippen LogP contribution in [0, 0.1) is 0 Å². The highest BCUT2D eigenvalue weighted by Crippen LogP contribution is 2.27. The van der Waals surface area contributed by atoms with E-state index in [1.165, 1.54) is 4.31 Å². The molecule has 2 aromatic carbocycles. The molecule has 10 heteroatoms. The Bertz CT molecular complexity index is 1300. The zero-order chi connectivity index (χ0) is 28.0. The van der Waals surface area contributed by atoms with E-state index in [0.717, 1.165) is 16.7 Å². The molecule has 1 saturated heterocycles. The van der Waals surface area contributed by atoms with Crippen molar-refractivity contribution in [2.75, 3.05) is 26.2 Å². The molecule has 0 spiro atoms. The van der Waals surface area contributed by atoms with E-state index in [0.29, 0.717) is 45.4 Å². The second-order valence-electron chi connectivity index (χ2n) is 10.8. The van der Waals surface area contributed by atoms with E-state index in [1.54, 1.807) is 43.9 Å². The fourth-order valence-corrected chi connectivity index (χ4v) is 6.14. The van der Waals surface area contributed by atoms with Gasteiger partial charge in [0, 0.05) is 32.2 Å². The molecule has 39 heavy (non-hydrogen) atoms. The van der Waals surface area contributed by atoms with Crippen LogP contribution in [0.2, 0.25) is 0 Å². The van der Waals surface area contributed by atoms with E-state index in [4.69, 9.17) is 9.47 Å². The standard InChI is InChI=1S/C29H37N3O6S/c1-29(2,3)38-27(33)30-25-14-18-32(19-15-25)39(35,36)26-11-7-10-24(20-26)23-12-16-31(17-13-23)28(34)37-21-22-8-5-4-6-9-22/h4-12,20,25H,13-19,21H2,1-3H3,(H,30,33). The molecule has 2 aromatic rings. The van der Waals surface area contributed by atoms with Gasteiger partial charge in [0.2, 0.25) is 10.0 Å². The SMILES string of the molecule is CC(C)(C)OC(=O)NC1CCN(S(=O)(=O)c2cccc(C3=CCN(C(=O)OCc4ccccc4)CC3)c2)CC1. The molecule has 2 aliphatic heterocycles. The molecule has 0 bridgehead atoms. The lowest BCUT2D eigenvalue weighted by atomic mass is 10.00. The Hall–Kier alpha value is -3.37. The summed E-state index contributed by atoms with van der Waals surface area (Å²) >= 11 is 0. The third-order valence-electron chi connectivity index (χ3n) is 6.69. The van der Waals surface area contributed by atoms with Crippen LogP contribution in [0.15, 0.2) is 65.6 Å². The summed E-state index contributed by atoms with van der Waals surface area (Å²) in [4.78, 5) is 26.4. The molecule has 1 N–H and O–H groups in total. The number of benzene rings is 2. The predicted molar refractivity (Wildman–Crippen MR) is 148 cm³/mol. The minimum atomic E-state index is -3.68. The fraction of sp³-hybridized carbons (Fsp3) is 0.448. The van der Waals surface area contributed by atoms with Gasteiger partial charge >= 0.3 is 12.2 Å². The van der Waals surface area contributed by atoms with Gasteiger partial charge in [-0.2, -0.15) is 4.31 Å². The fourth-order valence-electron chi connectivity index (χ4n) is 4.63. The Labute approximate surface area is 230 Å². The summed E-state index contributed by atoms with van der Waals surface area (Å²) in [6.07, 6.45) is 2.73. The summed E-state index contributed by atoms with van der Waals surface area (Å²) in [5.41, 5.74) is 2.17. The van der Waals surface area contributed by atoms with Gasteiger partial charge in [-0.15, -0.1) is 0 Å². The molecule has 2 amide bonds. The molecule has 210 valence electrons. The highest BCUT2D eigenvalue weighted by Gasteiger charge is 2.31. The van der Waals surface area contributed by atoms with E-state index in [1.807, 2.05) is 42.5 Å². The van der Waals surface area contributed by atoms with Crippen LogP contribution in [0.3, 0.4) is 0 Å². The number of alkyl carbamates (subject to hydrolysis) is 1. The van der Waals surface area contributed by atoms with E-state index in [-0.39, 0.29) is 23.6 Å². The first kappa shape index (κ1) is 28.6. The van der Waals surface area contributed by atoms with Gasteiger partial charge in [0.05, 0.1) is 4.90 Å². The lowest BCUT2D eigenvalue weighted by Gasteiger charge is -2.32. The van der Waals surface area contributed by atoms with Gasteiger partial charge in [0.1, 0.15) is 12.2 Å². The number of nitrogens with zero attached hydrogens (tertiary/aromatic N) is 2. The molecule has 1 fully saturated rings. The Kier molecular flexibility index (Phi) is 8.97. The monoisotopic (exact) mass is 555 g/mol. The smallest absolute Gasteiger partial charge is 0.410 e. The van der Waals surface area contributed by atoms with Gasteiger partial charge in [0.25, 0.3) is 0 Å². The summed E-state index contributed by atoms with van der Waals surface area (Å²) in [6.45, 7) is 7.16. The number of carbonyl (C=O) groups excluding carboxylic acids is 2. The van der Waals surface area contributed by atoms with Gasteiger partial charge < -0.3 is 19.7 Å². The first-order valence-electron chi connectivity index (χ1n) is 13.3. The Balaban J connectivity index is 1.32. The van der Waals surface area contributed by atoms with Crippen LogP contribution in [-0.2, 0) is 26.1 Å². The van der Waals surface area contributed by atoms with Crippen LogP contribution < -0.4 is 5.32 Å². The van der Waals surface area contributed by atoms with Crippen molar-refractivity contribution in [3.05, 3.63) is 71.8 Å². The Morgan fingerprint density at radius 3 is 2.36 bits per heavy atom. The second kappa shape index (κ2) is 12.2. The molecule has 0 saturated carbocycles. The maximum atomic E-state index is 13.4. The van der Waals surface area contributed by atoms with Crippen LogP contribution >= 0.6 is 0 Å². The number of sulfonamides is 1. The zero-order valence-corrected chi connectivity index (χ0v) is 23.6. The minimum Gasteiger partial charge on any atom is -0.445 e. The van der Waals surface area contributed by atoms with Crippen molar-refractivity contribution in [2.45, 2.75) is 63.2 Å². The number of carbonyl (C=O) groups is 2. The average molecular weight is 556 g/mol. The van der Waals surface area contributed by atoms with Crippen molar-refractivity contribution in [3.8, 4) is 0 Å². The van der Waals surface area contributed by atoms with Crippen molar-refractivity contribution in [2.24, 2.45) is 0 Å². The van der Waals surface area contributed by atoms with E-state index in [2.05, 4.69) is 5.32 Å². The third-order valence-corrected chi connectivity index (χ3v) is 8.58. The number of ether oxygens (including phenoxy) is 2. The highest BCUT2D eigenvalue weighted by molar-refractivity contribution is 7.89. The second-order valence-corrected chi connectivity index (χ2v) is 12.8. The van der Waals surface area contributed by atoms with Crippen molar-refractivity contribution < 1.29 is 27.5 Å². The summed E-state index contributed by atoms with van der Waals surface area (Å²) < 4.78 is 39.0. The molecule has 2 aliphatic rings. The molecular weight excluding hydrogens is 518 g/mol. The van der Waals surface area contributed by atoms with Crippen molar-refractivity contribution in [1.82, 2.24) is 14.5 Å². The van der Waals surface area contributed by atoms with Crippen LogP contribution in [0.1, 0.15) is 51.2 Å². The van der Waals surface area contributed by atoms with Gasteiger partial charge in [-0.05, 0) is 68.9 Å². The molecule has 9 nitrogen and oxygen atoms in total. The molecule has 4 rings (SSSR count). The van der Waals surface area contributed by atoms with Crippen LogP contribution in [0.5, 0.6) is 0 Å². The molecule has 0 atom stereocenters. The van der Waals surface area contributed by atoms with Crippen molar-refractivity contribution >= 4 is 27.8 Å². The first-order chi connectivity index (χ1) is 18.5. The molecule has 0 radical (unpaired) electrons. The molecule has 0 unspecified atom stereocenters. The van der Waals surface area contributed by atoms with Crippen LogP contribution in [-0.4, -0.2) is 67.6 Å². The van der Waals surface area contributed by atoms with Crippen LogP contribution in [0.4, 0.5) is 9.59 Å². The minimum absolute atomic E-state index is 0.132. The summed E-state index contributed by atoms with van der Waals surface area (Å²) in [5.74, 6) is 0. The molecule has 0 aliphatic carbocycles. The lowest BCUT2D eigenvalue weighted by molar-refractivity contribution is 0.0489. The summed E-state index contributed by atoms with van der Waals surface area (Å²) in [6, 6.07) is 16.4. The summed E-state index contributed by atoms with van der Waals surface area (Å²) in [5, 5.41) is 2.84. The van der Waals surface area contributed by atoms with Crippen molar-refractivity contribution in [1.29, 1.82) is 0 Å². The van der Waals surface area contributed by atoms with Gasteiger partial charge in [-0.1, -0.05) is 48.5 Å². The first-order valence-corrected chi connectivity index (χ1v) is 14.7. The normalized spacial score (nSPS) is 17.3. The average Bonchev–Trinajstić information content (AvgIpc) is 2.92. The number of nitrogens with one attached hydrogen (secondary N) is 1. The Morgan fingerprint density at radius 2 is 1.72 bits per heavy atom. The number of hydrogen-bond acceptors (Lipinski definition) is 6. The van der Waals surface area contributed by atoms with E-state index < -0.39 is 21.7 Å². The zero-order valence-electron chi connectivity index (χ0n) is 22.8. The maximum absolute atomic E-state index is 13.4. The van der Waals surface area contributed by atoms with Crippen molar-refractivity contribution in [3.63, 3.8) is 0 Å². The number of hydrogen-bond donors (Lipinski definition) is 1. The van der Waals surface area contributed by atoms with E-state index >= 15 is 0 Å². The topological polar surface area (TPSA) is 105 Å². The largest absolute Gasteiger partial charge is 0.445 e. The van der Waals surface area contributed by atoms with Gasteiger partial charge in [0.15, 0.2) is 0 Å². The van der Waals surface area contributed by atoms with Crippen LogP contribution in [0.25, 0.3) is 5.57 Å². The predicted octanol–water partition coefficient (Wildman–Crippen LogP) is 4.79. The van der Waals surface area contributed by atoms with E-state index in [9.17, 15) is 18.0 Å². The number of amides is 2.